The van der Waals surface area contributed by atoms with Crippen LogP contribution >= 0.6 is 0 Å². The van der Waals surface area contributed by atoms with Gasteiger partial charge in [-0.15, -0.1) is 0 Å². The fraction of sp³-hybridized carbons (Fsp3) is 0.250. The molecule has 0 spiro atoms. The molecule has 0 bridgehead atoms. The third-order valence-corrected chi connectivity index (χ3v) is 4.02. The first kappa shape index (κ1) is 20.1. The first-order valence-corrected chi connectivity index (χ1v) is 8.51. The number of carbonyl (C=O) groups is 3. The highest BCUT2D eigenvalue weighted by Crippen LogP contribution is 2.08. The maximum Gasteiger partial charge on any atom is 0.251 e. The van der Waals surface area contributed by atoms with Gasteiger partial charge >= 0.3 is 0 Å². The van der Waals surface area contributed by atoms with E-state index in [2.05, 4.69) is 10.6 Å². The lowest BCUT2D eigenvalue weighted by Gasteiger charge is -2.22. The van der Waals surface area contributed by atoms with Crippen LogP contribution in [-0.4, -0.2) is 23.8 Å². The molecular weight excluding hydrogens is 349 g/mol. The number of hydrogen-bond acceptors (Lipinski definition) is 3. The van der Waals surface area contributed by atoms with Crippen molar-refractivity contribution in [1.82, 2.24) is 10.6 Å². The van der Waals surface area contributed by atoms with Crippen LogP contribution in [0, 0.1) is 11.7 Å². The third-order valence-electron chi connectivity index (χ3n) is 4.02. The molecule has 0 radical (unpaired) electrons. The Morgan fingerprint density at radius 3 is 2.30 bits per heavy atom. The van der Waals surface area contributed by atoms with Crippen LogP contribution < -0.4 is 16.4 Å². The summed E-state index contributed by atoms with van der Waals surface area (Å²) in [5.74, 6) is -1.96. The van der Waals surface area contributed by atoms with E-state index in [9.17, 15) is 18.8 Å². The van der Waals surface area contributed by atoms with Gasteiger partial charge in [-0.05, 0) is 47.9 Å². The fourth-order valence-corrected chi connectivity index (χ4v) is 2.49. The second-order valence-electron chi connectivity index (χ2n) is 6.48. The first-order chi connectivity index (χ1) is 12.8. The molecule has 2 aromatic carbocycles. The van der Waals surface area contributed by atoms with Gasteiger partial charge in [0.15, 0.2) is 0 Å². The molecule has 0 saturated carbocycles. The second-order valence-corrected chi connectivity index (χ2v) is 6.48. The van der Waals surface area contributed by atoms with Crippen molar-refractivity contribution in [2.75, 3.05) is 0 Å². The molecule has 142 valence electrons. The number of hydrogen-bond donors (Lipinski definition) is 3. The van der Waals surface area contributed by atoms with Crippen molar-refractivity contribution in [2.24, 2.45) is 11.7 Å². The zero-order chi connectivity index (χ0) is 20.0. The number of halogens is 1. The minimum absolute atomic E-state index is 0.161. The number of nitrogens with one attached hydrogen (secondary N) is 2. The van der Waals surface area contributed by atoms with Gasteiger partial charge in [-0.25, -0.2) is 4.39 Å². The maximum atomic E-state index is 13.0. The Morgan fingerprint density at radius 1 is 1.04 bits per heavy atom. The van der Waals surface area contributed by atoms with Gasteiger partial charge in [0.1, 0.15) is 11.9 Å². The molecule has 1 atom stereocenters. The summed E-state index contributed by atoms with van der Waals surface area (Å²) in [7, 11) is 0. The lowest BCUT2D eigenvalue weighted by atomic mass is 10.0. The van der Waals surface area contributed by atoms with E-state index in [1.54, 1.807) is 24.3 Å². The predicted octanol–water partition coefficient (Wildman–Crippen LogP) is 2.00. The number of primary amides is 1. The normalized spacial score (nSPS) is 11.7. The van der Waals surface area contributed by atoms with Crippen molar-refractivity contribution in [3.8, 4) is 0 Å². The molecule has 0 aromatic heterocycles. The Kier molecular flexibility index (Phi) is 6.65. The van der Waals surface area contributed by atoms with Crippen molar-refractivity contribution in [3.63, 3.8) is 0 Å². The Labute approximate surface area is 156 Å². The maximum absolute atomic E-state index is 13.0. The average molecular weight is 371 g/mol. The van der Waals surface area contributed by atoms with E-state index in [0.717, 1.165) is 0 Å². The first-order valence-electron chi connectivity index (χ1n) is 8.51. The van der Waals surface area contributed by atoms with Crippen LogP contribution in [0.25, 0.3) is 0 Å². The average Bonchev–Trinajstić information content (AvgIpc) is 2.64. The smallest absolute Gasteiger partial charge is 0.251 e. The lowest BCUT2D eigenvalue weighted by molar-refractivity contribution is -0.124. The SMILES string of the molecule is CC(C)C(NC(=O)c1ccc(F)cc1)C(=O)NCc1cccc(C(N)=O)c1. The third kappa shape index (κ3) is 5.64. The van der Waals surface area contributed by atoms with Crippen LogP contribution in [0.4, 0.5) is 4.39 Å². The van der Waals surface area contributed by atoms with Crippen molar-refractivity contribution >= 4 is 17.7 Å². The molecule has 7 heteroatoms. The number of benzene rings is 2. The molecule has 2 aromatic rings. The van der Waals surface area contributed by atoms with Crippen molar-refractivity contribution in [3.05, 3.63) is 71.0 Å². The number of nitrogens with two attached hydrogens (primary N) is 1. The van der Waals surface area contributed by atoms with Gasteiger partial charge in [-0.1, -0.05) is 26.0 Å². The van der Waals surface area contributed by atoms with Crippen molar-refractivity contribution in [1.29, 1.82) is 0 Å². The molecule has 0 fully saturated rings. The number of amides is 3. The minimum atomic E-state index is -0.762. The monoisotopic (exact) mass is 371 g/mol. The summed E-state index contributed by atoms with van der Waals surface area (Å²) >= 11 is 0. The molecule has 0 aliphatic heterocycles. The second kappa shape index (κ2) is 8.93. The van der Waals surface area contributed by atoms with Crippen molar-refractivity contribution < 1.29 is 18.8 Å². The van der Waals surface area contributed by atoms with Gasteiger partial charge in [0.05, 0.1) is 0 Å². The molecule has 0 aliphatic carbocycles. The highest BCUT2D eigenvalue weighted by molar-refractivity contribution is 5.97. The van der Waals surface area contributed by atoms with Gasteiger partial charge in [0.25, 0.3) is 5.91 Å². The molecule has 4 N–H and O–H groups in total. The van der Waals surface area contributed by atoms with E-state index in [-0.39, 0.29) is 23.9 Å². The molecule has 0 heterocycles. The summed E-state index contributed by atoms with van der Waals surface area (Å²) in [6, 6.07) is 11.0. The molecule has 2 rings (SSSR count). The van der Waals surface area contributed by atoms with Gasteiger partial charge in [0, 0.05) is 17.7 Å². The standard InChI is InChI=1S/C20H22FN3O3/c1-12(2)17(24-19(26)14-6-8-16(21)9-7-14)20(27)23-11-13-4-3-5-15(10-13)18(22)25/h3-10,12,17H,11H2,1-2H3,(H2,22,25)(H,23,27)(H,24,26). The Morgan fingerprint density at radius 2 is 1.70 bits per heavy atom. The van der Waals surface area contributed by atoms with Gasteiger partial charge in [-0.3, -0.25) is 14.4 Å². The highest BCUT2D eigenvalue weighted by Gasteiger charge is 2.24. The predicted molar refractivity (Wildman–Crippen MR) is 99.3 cm³/mol. The van der Waals surface area contributed by atoms with Crippen LogP contribution in [0.2, 0.25) is 0 Å². The largest absolute Gasteiger partial charge is 0.366 e. The van der Waals surface area contributed by atoms with E-state index >= 15 is 0 Å². The van der Waals surface area contributed by atoms with Crippen LogP contribution in [-0.2, 0) is 11.3 Å². The van der Waals surface area contributed by atoms with E-state index < -0.39 is 23.7 Å². The summed E-state index contributed by atoms with van der Waals surface area (Å²) < 4.78 is 13.0. The molecule has 0 saturated heterocycles. The van der Waals surface area contributed by atoms with E-state index in [0.29, 0.717) is 11.1 Å². The Bertz CT molecular complexity index is 835. The van der Waals surface area contributed by atoms with E-state index in [1.807, 2.05) is 13.8 Å². The number of rotatable bonds is 7. The molecule has 0 aliphatic rings. The molecule has 3 amide bonds. The summed E-state index contributed by atoms with van der Waals surface area (Å²) in [5.41, 5.74) is 6.58. The molecule has 6 nitrogen and oxygen atoms in total. The summed E-state index contributed by atoms with van der Waals surface area (Å²) in [6.45, 7) is 3.81. The van der Waals surface area contributed by atoms with Gasteiger partial charge in [0.2, 0.25) is 11.8 Å². The Balaban J connectivity index is 2.02. The zero-order valence-corrected chi connectivity index (χ0v) is 15.2. The topological polar surface area (TPSA) is 101 Å². The van der Waals surface area contributed by atoms with Crippen molar-refractivity contribution in [2.45, 2.75) is 26.4 Å². The summed E-state index contributed by atoms with van der Waals surface area (Å²) in [5, 5.41) is 5.42. The molecule has 27 heavy (non-hydrogen) atoms. The number of carbonyl (C=O) groups excluding carboxylic acids is 3. The summed E-state index contributed by atoms with van der Waals surface area (Å²) in [6.07, 6.45) is 0. The minimum Gasteiger partial charge on any atom is -0.366 e. The van der Waals surface area contributed by atoms with E-state index in [4.69, 9.17) is 5.73 Å². The van der Waals surface area contributed by atoms with Gasteiger partial charge in [-0.2, -0.15) is 0 Å². The van der Waals surface area contributed by atoms with Crippen LogP contribution in [0.3, 0.4) is 0 Å². The fourth-order valence-electron chi connectivity index (χ4n) is 2.49. The highest BCUT2D eigenvalue weighted by atomic mass is 19.1. The molecular formula is C20H22FN3O3. The van der Waals surface area contributed by atoms with Crippen LogP contribution in [0.5, 0.6) is 0 Å². The summed E-state index contributed by atoms with van der Waals surface area (Å²) in [4.78, 5) is 36.1. The quantitative estimate of drug-likeness (QED) is 0.694. The van der Waals surface area contributed by atoms with Crippen LogP contribution in [0.15, 0.2) is 48.5 Å². The molecule has 1 unspecified atom stereocenters. The van der Waals surface area contributed by atoms with Gasteiger partial charge < -0.3 is 16.4 Å². The zero-order valence-electron chi connectivity index (χ0n) is 15.2. The van der Waals surface area contributed by atoms with E-state index in [1.165, 1.54) is 24.3 Å². The Hall–Kier alpha value is -3.22. The lowest BCUT2D eigenvalue weighted by Crippen LogP contribution is -2.49. The van der Waals surface area contributed by atoms with Crippen LogP contribution in [0.1, 0.15) is 40.1 Å².